The molecule has 5 rings (SSSR count). The molecule has 1 aromatic heterocycles. The van der Waals surface area contributed by atoms with Crippen molar-refractivity contribution in [3.63, 3.8) is 0 Å². The summed E-state index contributed by atoms with van der Waals surface area (Å²) in [5.74, 6) is 1.42. The van der Waals surface area contributed by atoms with Crippen LogP contribution in [0.3, 0.4) is 0 Å². The van der Waals surface area contributed by atoms with Crippen LogP contribution in [0.1, 0.15) is 29.2 Å². The molecule has 5 aromatic rings. The summed E-state index contributed by atoms with van der Waals surface area (Å²) in [5, 5.41) is 3.48. The average Bonchev–Trinajstić information content (AvgIpc) is 3.41. The number of amides is 2. The van der Waals surface area contributed by atoms with E-state index < -0.39 is 11.9 Å². The van der Waals surface area contributed by atoms with Gasteiger partial charge in [0.25, 0.3) is 5.91 Å². The third kappa shape index (κ3) is 7.51. The van der Waals surface area contributed by atoms with Crippen LogP contribution in [0.5, 0.6) is 17.2 Å². The van der Waals surface area contributed by atoms with Crippen molar-refractivity contribution >= 4 is 46.1 Å². The predicted octanol–water partition coefficient (Wildman–Crippen LogP) is 5.49. The van der Waals surface area contributed by atoms with Gasteiger partial charge in [0.15, 0.2) is 5.96 Å². The number of carbonyl (C=O) groups excluding carboxylic acids is 2. The fourth-order valence-corrected chi connectivity index (χ4v) is 4.99. The molecule has 230 valence electrons. The third-order valence-electron chi connectivity index (χ3n) is 7.01. The first-order chi connectivity index (χ1) is 21.7. The number of carbonyl (C=O) groups is 2. The van der Waals surface area contributed by atoms with Gasteiger partial charge in [-0.1, -0.05) is 23.7 Å². The number of anilines is 1. The Labute approximate surface area is 264 Å². The molecule has 0 fully saturated rings. The topological polar surface area (TPSA) is 173 Å². The minimum atomic E-state index is -0.779. The van der Waals surface area contributed by atoms with Crippen LogP contribution in [0, 0.1) is 0 Å². The lowest BCUT2D eigenvalue weighted by atomic mass is 10.1. The number of methoxy groups -OCH3 is 1. The molecule has 0 aliphatic carbocycles. The van der Waals surface area contributed by atoms with Gasteiger partial charge < -0.3 is 36.6 Å². The molecule has 1 unspecified atom stereocenters. The van der Waals surface area contributed by atoms with Crippen LogP contribution in [0.15, 0.2) is 96.0 Å². The lowest BCUT2D eigenvalue weighted by molar-refractivity contribution is -0.121. The number of nitrogens with two attached hydrogens (primary N) is 3. The van der Waals surface area contributed by atoms with Crippen LogP contribution < -0.4 is 32.0 Å². The number of hydrogen-bond donors (Lipinski definition) is 4. The second-order valence-corrected chi connectivity index (χ2v) is 10.6. The van der Waals surface area contributed by atoms with Crippen LogP contribution in [0.2, 0.25) is 5.02 Å². The molecule has 0 saturated heterocycles. The number of nitrogens with zero attached hydrogens (tertiary/aromatic N) is 3. The maximum atomic E-state index is 13.2. The minimum absolute atomic E-state index is 0.0302. The number of ether oxygens (including phenoxy) is 2. The van der Waals surface area contributed by atoms with Gasteiger partial charge in [-0.25, -0.2) is 4.98 Å². The lowest BCUT2D eigenvalue weighted by Crippen LogP contribution is -2.27. The first kappa shape index (κ1) is 30.9. The van der Waals surface area contributed by atoms with E-state index in [0.717, 1.165) is 0 Å². The van der Waals surface area contributed by atoms with Crippen molar-refractivity contribution < 1.29 is 19.1 Å². The molecule has 0 radical (unpaired) electrons. The number of imidazole rings is 1. The maximum Gasteiger partial charge on any atom is 0.255 e. The molecule has 11 nitrogen and oxygen atoms in total. The summed E-state index contributed by atoms with van der Waals surface area (Å²) < 4.78 is 13.0. The summed E-state index contributed by atoms with van der Waals surface area (Å²) in [6.45, 7) is 0.328. The summed E-state index contributed by atoms with van der Waals surface area (Å²) in [5.41, 5.74) is 19.7. The van der Waals surface area contributed by atoms with Gasteiger partial charge in [0.1, 0.15) is 29.1 Å². The highest BCUT2D eigenvalue weighted by Crippen LogP contribution is 2.34. The van der Waals surface area contributed by atoms with Crippen molar-refractivity contribution in [1.29, 1.82) is 0 Å². The number of rotatable bonds is 12. The minimum Gasteiger partial charge on any atom is -0.497 e. The zero-order valence-corrected chi connectivity index (χ0v) is 25.2. The Kier molecular flexibility index (Phi) is 9.49. The number of guanidine groups is 1. The number of benzene rings is 4. The maximum absolute atomic E-state index is 13.2. The van der Waals surface area contributed by atoms with Crippen LogP contribution >= 0.6 is 11.6 Å². The molecule has 7 N–H and O–H groups in total. The lowest BCUT2D eigenvalue weighted by Gasteiger charge is -2.19. The molecule has 12 heteroatoms. The van der Waals surface area contributed by atoms with Gasteiger partial charge in [-0.2, -0.15) is 0 Å². The van der Waals surface area contributed by atoms with E-state index in [2.05, 4.69) is 10.3 Å². The van der Waals surface area contributed by atoms with Crippen molar-refractivity contribution in [2.75, 3.05) is 19.0 Å². The van der Waals surface area contributed by atoms with Gasteiger partial charge >= 0.3 is 0 Å². The highest BCUT2D eigenvalue weighted by molar-refractivity contribution is 6.30. The highest BCUT2D eigenvalue weighted by atomic mass is 35.5. The normalized spacial score (nSPS) is 11.5. The van der Waals surface area contributed by atoms with Crippen molar-refractivity contribution in [3.05, 3.63) is 102 Å². The Bertz CT molecular complexity index is 1850. The molecule has 1 atom stereocenters. The van der Waals surface area contributed by atoms with Crippen molar-refractivity contribution in [3.8, 4) is 28.6 Å². The summed E-state index contributed by atoms with van der Waals surface area (Å²) in [6, 6.07) is 25.7. The van der Waals surface area contributed by atoms with E-state index >= 15 is 0 Å². The predicted molar refractivity (Wildman–Crippen MR) is 176 cm³/mol. The molecule has 4 aromatic carbocycles. The van der Waals surface area contributed by atoms with Gasteiger partial charge in [0.2, 0.25) is 5.91 Å². The van der Waals surface area contributed by atoms with Crippen LogP contribution in [0.25, 0.3) is 22.4 Å². The summed E-state index contributed by atoms with van der Waals surface area (Å²) in [4.78, 5) is 35.0. The molecule has 45 heavy (non-hydrogen) atoms. The molecule has 0 saturated carbocycles. The smallest absolute Gasteiger partial charge is 0.255 e. The largest absolute Gasteiger partial charge is 0.497 e. The molecule has 0 bridgehead atoms. The number of halogens is 1. The second kappa shape index (κ2) is 13.8. The quantitative estimate of drug-likeness (QED) is 0.0805. The van der Waals surface area contributed by atoms with Crippen molar-refractivity contribution in [2.24, 2.45) is 22.2 Å². The van der Waals surface area contributed by atoms with Crippen LogP contribution in [-0.2, 0) is 4.79 Å². The van der Waals surface area contributed by atoms with Gasteiger partial charge in [-0.15, -0.1) is 0 Å². The Morgan fingerprint density at radius 1 is 0.933 bits per heavy atom. The number of aromatic nitrogens is 2. The van der Waals surface area contributed by atoms with E-state index in [1.807, 2.05) is 24.3 Å². The van der Waals surface area contributed by atoms with Gasteiger partial charge in [0.05, 0.1) is 18.1 Å². The Morgan fingerprint density at radius 3 is 2.36 bits per heavy atom. The van der Waals surface area contributed by atoms with E-state index in [1.165, 1.54) is 0 Å². The van der Waals surface area contributed by atoms with E-state index in [0.29, 0.717) is 75.3 Å². The molecular weight excluding hydrogens is 594 g/mol. The zero-order valence-electron chi connectivity index (χ0n) is 24.4. The fourth-order valence-electron chi connectivity index (χ4n) is 4.87. The molecule has 0 aliphatic heterocycles. The van der Waals surface area contributed by atoms with Crippen LogP contribution in [-0.4, -0.2) is 41.0 Å². The summed E-state index contributed by atoms with van der Waals surface area (Å²) in [7, 11) is 1.58. The fraction of sp³-hybridized carbons (Fsp3) is 0.152. The molecule has 1 heterocycles. The Balaban J connectivity index is 1.54. The number of fused-ring (bicyclic) bond motifs is 1. The number of hydrogen-bond acceptors (Lipinski definition) is 6. The van der Waals surface area contributed by atoms with E-state index in [-0.39, 0.29) is 11.9 Å². The Morgan fingerprint density at radius 2 is 1.67 bits per heavy atom. The van der Waals surface area contributed by atoms with Crippen LogP contribution in [0.4, 0.5) is 5.69 Å². The molecule has 0 aliphatic rings. The van der Waals surface area contributed by atoms with Gasteiger partial charge in [0, 0.05) is 28.4 Å². The molecular formula is C33H32ClN7O4. The zero-order chi connectivity index (χ0) is 31.9. The highest BCUT2D eigenvalue weighted by Gasteiger charge is 2.25. The molecule has 0 spiro atoms. The van der Waals surface area contributed by atoms with Crippen molar-refractivity contribution in [2.45, 2.75) is 18.9 Å². The van der Waals surface area contributed by atoms with E-state index in [9.17, 15) is 9.59 Å². The molecule has 2 amide bonds. The third-order valence-corrected chi connectivity index (χ3v) is 7.26. The first-order valence-corrected chi connectivity index (χ1v) is 14.5. The standard InChI is InChI=1S/C33H32ClN7O4/c1-44-24-14-10-23(11-15-24)39-32(43)21-7-16-28-27(19-21)40-31(41(28)29(30(35)42)6-3-17-38-33(36)37)20-4-2-5-26(18-20)45-25-12-8-22(34)9-13-25/h2,4-5,7-16,18-19,29H,3,6,17H2,1H3,(H2,35,42)(H,39,43)(H4,36,37,38). The summed E-state index contributed by atoms with van der Waals surface area (Å²) in [6.07, 6.45) is 0.845. The first-order valence-electron chi connectivity index (χ1n) is 14.1. The summed E-state index contributed by atoms with van der Waals surface area (Å²) >= 11 is 6.02. The van der Waals surface area contributed by atoms with Gasteiger partial charge in [-0.3, -0.25) is 14.6 Å². The van der Waals surface area contributed by atoms with E-state index in [1.54, 1.807) is 78.4 Å². The number of primary amides is 1. The number of aliphatic imine (C=N–C) groups is 1. The van der Waals surface area contributed by atoms with Gasteiger partial charge in [-0.05, 0) is 91.7 Å². The monoisotopic (exact) mass is 625 g/mol. The second-order valence-electron chi connectivity index (χ2n) is 10.1. The number of nitrogens with one attached hydrogen (secondary N) is 1. The van der Waals surface area contributed by atoms with E-state index in [4.69, 9.17) is 43.3 Å². The average molecular weight is 626 g/mol. The van der Waals surface area contributed by atoms with Crippen molar-refractivity contribution in [1.82, 2.24) is 9.55 Å². The Hall–Kier alpha value is -5.55. The SMILES string of the molecule is COc1ccc(NC(=O)c2ccc3c(c2)nc(-c2cccc(Oc4ccc(Cl)cc4)c2)n3C(CCCN=C(N)N)C(N)=O)cc1.